The lowest BCUT2D eigenvalue weighted by Gasteiger charge is -2.28. The maximum Gasteiger partial charge on any atom is 0.238 e. The maximum atomic E-state index is 12.3. The molecule has 1 aliphatic rings. The molecule has 0 bridgehead atoms. The Balaban J connectivity index is 1.61. The van der Waals surface area contributed by atoms with Gasteiger partial charge in [0, 0.05) is 18.8 Å². The Bertz CT molecular complexity index is 666. The SMILES string of the molecule is CCc1ccccc1NC(=O)CN1CCc2ccccc2C1. The summed E-state index contributed by atoms with van der Waals surface area (Å²) in [6, 6.07) is 16.5. The van der Waals surface area contributed by atoms with Crippen LogP contribution >= 0.6 is 0 Å². The Morgan fingerprint density at radius 3 is 2.64 bits per heavy atom. The molecule has 3 heteroatoms. The normalized spacial score (nSPS) is 14.4. The molecule has 1 amide bonds. The van der Waals surface area contributed by atoms with E-state index in [0.29, 0.717) is 6.54 Å². The Morgan fingerprint density at radius 1 is 1.09 bits per heavy atom. The number of carbonyl (C=O) groups is 1. The van der Waals surface area contributed by atoms with Crippen LogP contribution in [0, 0.1) is 0 Å². The third-order valence-electron chi connectivity index (χ3n) is 4.25. The number of hydrogen-bond acceptors (Lipinski definition) is 2. The summed E-state index contributed by atoms with van der Waals surface area (Å²) >= 11 is 0. The molecule has 3 rings (SSSR count). The van der Waals surface area contributed by atoms with Crippen LogP contribution in [0.1, 0.15) is 23.6 Å². The van der Waals surface area contributed by atoms with E-state index in [1.165, 1.54) is 16.7 Å². The minimum absolute atomic E-state index is 0.0697. The number of para-hydroxylation sites is 1. The number of nitrogens with one attached hydrogen (secondary N) is 1. The first-order valence-corrected chi connectivity index (χ1v) is 7.93. The standard InChI is InChI=1S/C19H22N2O/c1-2-15-7-5-6-10-18(15)20-19(22)14-21-12-11-16-8-3-4-9-17(16)13-21/h3-10H,2,11-14H2,1H3,(H,20,22). The van der Waals surface area contributed by atoms with Crippen molar-refractivity contribution in [1.82, 2.24) is 4.90 Å². The highest BCUT2D eigenvalue weighted by atomic mass is 16.2. The first-order valence-electron chi connectivity index (χ1n) is 7.93. The van der Waals surface area contributed by atoms with E-state index in [1.54, 1.807) is 0 Å². The zero-order valence-electron chi connectivity index (χ0n) is 13.0. The summed E-state index contributed by atoms with van der Waals surface area (Å²) in [5, 5.41) is 3.05. The van der Waals surface area contributed by atoms with E-state index in [2.05, 4.69) is 47.5 Å². The van der Waals surface area contributed by atoms with E-state index in [0.717, 1.165) is 31.6 Å². The van der Waals surface area contributed by atoms with E-state index in [-0.39, 0.29) is 5.91 Å². The van der Waals surface area contributed by atoms with Crippen LogP contribution in [0.15, 0.2) is 48.5 Å². The van der Waals surface area contributed by atoms with Gasteiger partial charge in [0.15, 0.2) is 0 Å². The third-order valence-corrected chi connectivity index (χ3v) is 4.25. The van der Waals surface area contributed by atoms with Crippen LogP contribution in [0.3, 0.4) is 0 Å². The largest absolute Gasteiger partial charge is 0.325 e. The van der Waals surface area contributed by atoms with Crippen molar-refractivity contribution in [3.63, 3.8) is 0 Å². The van der Waals surface area contributed by atoms with Gasteiger partial charge in [-0.15, -0.1) is 0 Å². The zero-order valence-corrected chi connectivity index (χ0v) is 13.0. The van der Waals surface area contributed by atoms with Crippen molar-refractivity contribution >= 4 is 11.6 Å². The lowest BCUT2D eigenvalue weighted by atomic mass is 10.00. The van der Waals surface area contributed by atoms with Crippen LogP contribution in [0.25, 0.3) is 0 Å². The predicted octanol–water partition coefficient (Wildman–Crippen LogP) is 3.25. The van der Waals surface area contributed by atoms with Gasteiger partial charge < -0.3 is 5.32 Å². The molecule has 1 N–H and O–H groups in total. The highest BCUT2D eigenvalue weighted by Crippen LogP contribution is 2.19. The number of aryl methyl sites for hydroxylation is 1. The fraction of sp³-hybridized carbons (Fsp3) is 0.316. The van der Waals surface area contributed by atoms with Crippen molar-refractivity contribution < 1.29 is 4.79 Å². The molecule has 3 nitrogen and oxygen atoms in total. The van der Waals surface area contributed by atoms with Crippen LogP contribution in [-0.2, 0) is 24.2 Å². The second kappa shape index (κ2) is 6.75. The van der Waals surface area contributed by atoms with Crippen LogP contribution in [0.4, 0.5) is 5.69 Å². The minimum atomic E-state index is 0.0697. The summed E-state index contributed by atoms with van der Waals surface area (Å²) in [5.41, 5.74) is 4.87. The first kappa shape index (κ1) is 14.8. The fourth-order valence-corrected chi connectivity index (χ4v) is 3.03. The molecule has 0 radical (unpaired) electrons. The van der Waals surface area contributed by atoms with Gasteiger partial charge >= 0.3 is 0 Å². The van der Waals surface area contributed by atoms with Gasteiger partial charge in [-0.1, -0.05) is 49.4 Å². The summed E-state index contributed by atoms with van der Waals surface area (Å²) in [6.45, 7) is 4.36. The van der Waals surface area contributed by atoms with Gasteiger partial charge in [0.25, 0.3) is 0 Å². The number of fused-ring (bicyclic) bond motifs is 1. The number of carbonyl (C=O) groups excluding carboxylic acids is 1. The second-order valence-corrected chi connectivity index (χ2v) is 5.79. The summed E-state index contributed by atoms with van der Waals surface area (Å²) in [6.07, 6.45) is 1.95. The molecule has 2 aromatic rings. The quantitative estimate of drug-likeness (QED) is 0.939. The number of rotatable bonds is 4. The molecule has 0 saturated heterocycles. The highest BCUT2D eigenvalue weighted by molar-refractivity contribution is 5.93. The number of nitrogens with zero attached hydrogens (tertiary/aromatic N) is 1. The van der Waals surface area contributed by atoms with E-state index in [4.69, 9.17) is 0 Å². The number of anilines is 1. The molecule has 2 aromatic carbocycles. The molecule has 22 heavy (non-hydrogen) atoms. The van der Waals surface area contributed by atoms with Crippen molar-refractivity contribution in [3.05, 3.63) is 65.2 Å². The van der Waals surface area contributed by atoms with Crippen LogP contribution in [0.5, 0.6) is 0 Å². The molecule has 1 aliphatic heterocycles. The lowest BCUT2D eigenvalue weighted by Crippen LogP contribution is -2.37. The average Bonchev–Trinajstić information content (AvgIpc) is 2.55. The van der Waals surface area contributed by atoms with Crippen molar-refractivity contribution in [2.75, 3.05) is 18.4 Å². The van der Waals surface area contributed by atoms with E-state index < -0.39 is 0 Å². The number of benzene rings is 2. The minimum Gasteiger partial charge on any atom is -0.325 e. The summed E-state index contributed by atoms with van der Waals surface area (Å²) in [4.78, 5) is 14.5. The van der Waals surface area contributed by atoms with Gasteiger partial charge in [-0.25, -0.2) is 0 Å². The molecule has 0 aliphatic carbocycles. The fourth-order valence-electron chi connectivity index (χ4n) is 3.03. The lowest BCUT2D eigenvalue weighted by molar-refractivity contribution is -0.117. The van der Waals surface area contributed by atoms with Gasteiger partial charge in [-0.05, 0) is 35.6 Å². The van der Waals surface area contributed by atoms with Crippen LogP contribution in [-0.4, -0.2) is 23.9 Å². The highest BCUT2D eigenvalue weighted by Gasteiger charge is 2.18. The Labute approximate surface area is 132 Å². The molecule has 0 aromatic heterocycles. The van der Waals surface area contributed by atoms with Crippen LogP contribution in [0.2, 0.25) is 0 Å². The molecule has 0 saturated carbocycles. The number of hydrogen-bond donors (Lipinski definition) is 1. The van der Waals surface area contributed by atoms with Gasteiger partial charge in [-0.3, -0.25) is 9.69 Å². The molecule has 114 valence electrons. The summed E-state index contributed by atoms with van der Waals surface area (Å²) in [7, 11) is 0. The molecule has 0 unspecified atom stereocenters. The summed E-state index contributed by atoms with van der Waals surface area (Å²) in [5.74, 6) is 0.0697. The molecular formula is C19H22N2O. The maximum absolute atomic E-state index is 12.3. The predicted molar refractivity (Wildman–Crippen MR) is 89.9 cm³/mol. The Morgan fingerprint density at radius 2 is 1.82 bits per heavy atom. The second-order valence-electron chi connectivity index (χ2n) is 5.79. The molecule has 0 spiro atoms. The van der Waals surface area contributed by atoms with Crippen molar-refractivity contribution in [2.45, 2.75) is 26.3 Å². The monoisotopic (exact) mass is 294 g/mol. The van der Waals surface area contributed by atoms with Gasteiger partial charge in [0.2, 0.25) is 5.91 Å². The van der Waals surface area contributed by atoms with Gasteiger partial charge in [0.05, 0.1) is 6.54 Å². The Hall–Kier alpha value is -2.13. The molecule has 0 fully saturated rings. The number of amides is 1. The van der Waals surface area contributed by atoms with Crippen molar-refractivity contribution in [3.8, 4) is 0 Å². The average molecular weight is 294 g/mol. The van der Waals surface area contributed by atoms with Crippen molar-refractivity contribution in [1.29, 1.82) is 0 Å². The van der Waals surface area contributed by atoms with Crippen molar-refractivity contribution in [2.24, 2.45) is 0 Å². The smallest absolute Gasteiger partial charge is 0.238 e. The topological polar surface area (TPSA) is 32.3 Å². The molecule has 1 heterocycles. The molecule has 0 atom stereocenters. The third kappa shape index (κ3) is 3.37. The Kier molecular flexibility index (Phi) is 4.54. The van der Waals surface area contributed by atoms with E-state index >= 15 is 0 Å². The van der Waals surface area contributed by atoms with E-state index in [9.17, 15) is 4.79 Å². The summed E-state index contributed by atoms with van der Waals surface area (Å²) < 4.78 is 0. The van der Waals surface area contributed by atoms with Crippen LogP contribution < -0.4 is 5.32 Å². The van der Waals surface area contributed by atoms with E-state index in [1.807, 2.05) is 18.2 Å². The zero-order chi connectivity index (χ0) is 15.4. The first-order chi connectivity index (χ1) is 10.8. The van der Waals surface area contributed by atoms with Gasteiger partial charge in [0.1, 0.15) is 0 Å². The molecular weight excluding hydrogens is 272 g/mol. The van der Waals surface area contributed by atoms with Gasteiger partial charge in [-0.2, -0.15) is 0 Å².